The molecule has 1 saturated heterocycles. The van der Waals surface area contributed by atoms with E-state index < -0.39 is 0 Å². The van der Waals surface area contributed by atoms with Crippen LogP contribution in [0.15, 0.2) is 78.4 Å². The number of nitrogens with zero attached hydrogens (tertiary/aromatic N) is 6. The summed E-state index contributed by atoms with van der Waals surface area (Å²) in [5.74, 6) is 3.34. The Labute approximate surface area is 206 Å². The lowest BCUT2D eigenvalue weighted by Crippen LogP contribution is -2.17. The molecule has 0 spiro atoms. The Hall–Kier alpha value is -4.11. The zero-order chi connectivity index (χ0) is 23.8. The van der Waals surface area contributed by atoms with Crippen molar-refractivity contribution in [3.8, 4) is 11.5 Å². The van der Waals surface area contributed by atoms with Gasteiger partial charge >= 0.3 is 0 Å². The predicted octanol–water partition coefficient (Wildman–Crippen LogP) is 5.79. The van der Waals surface area contributed by atoms with E-state index in [1.165, 1.54) is 0 Å². The summed E-state index contributed by atoms with van der Waals surface area (Å²) in [6, 6.07) is 15.9. The molecule has 0 amide bonds. The number of thioether (sulfide) groups is 1. The summed E-state index contributed by atoms with van der Waals surface area (Å²) in [5.41, 5.74) is 4.52. The minimum atomic E-state index is 0.738. The van der Waals surface area contributed by atoms with Crippen molar-refractivity contribution in [3.05, 3.63) is 79.0 Å². The molecule has 1 aliphatic rings. The maximum absolute atomic E-state index is 6.12. The smallest absolute Gasteiger partial charge is 0.164 e. The van der Waals surface area contributed by atoms with Gasteiger partial charge in [0.2, 0.25) is 0 Å². The lowest BCUT2D eigenvalue weighted by atomic mass is 10.1. The lowest BCUT2D eigenvalue weighted by Gasteiger charge is -2.13. The summed E-state index contributed by atoms with van der Waals surface area (Å²) in [5, 5.41) is 5.40. The van der Waals surface area contributed by atoms with Crippen molar-refractivity contribution in [2.45, 2.75) is 6.92 Å². The van der Waals surface area contributed by atoms with E-state index in [4.69, 9.17) is 9.73 Å². The quantitative estimate of drug-likeness (QED) is 0.340. The van der Waals surface area contributed by atoms with Crippen LogP contribution >= 0.6 is 11.8 Å². The second kappa shape index (κ2) is 8.92. The summed E-state index contributed by atoms with van der Waals surface area (Å²) < 4.78 is 8.07. The highest BCUT2D eigenvalue weighted by atomic mass is 32.2. The van der Waals surface area contributed by atoms with Gasteiger partial charge in [0.15, 0.2) is 5.17 Å². The van der Waals surface area contributed by atoms with Gasteiger partial charge in [0.25, 0.3) is 0 Å². The molecule has 0 aliphatic carbocycles. The highest BCUT2D eigenvalue weighted by Gasteiger charge is 2.15. The van der Waals surface area contributed by atoms with Crippen molar-refractivity contribution in [3.63, 3.8) is 0 Å². The molecule has 0 radical (unpaired) electrons. The highest BCUT2D eigenvalue weighted by Crippen LogP contribution is 2.32. The average molecular weight is 482 g/mol. The van der Waals surface area contributed by atoms with Crippen LogP contribution in [0.25, 0.3) is 16.6 Å². The predicted molar refractivity (Wildman–Crippen MR) is 141 cm³/mol. The first-order valence-electron chi connectivity index (χ1n) is 11.3. The maximum Gasteiger partial charge on any atom is 0.164 e. The van der Waals surface area contributed by atoms with Crippen LogP contribution in [0.5, 0.6) is 11.5 Å². The lowest BCUT2D eigenvalue weighted by molar-refractivity contribution is 0.478. The van der Waals surface area contributed by atoms with Gasteiger partial charge in [-0.2, -0.15) is 0 Å². The second-order valence-electron chi connectivity index (χ2n) is 8.35. The van der Waals surface area contributed by atoms with E-state index in [1.54, 1.807) is 24.3 Å². The first kappa shape index (κ1) is 21.4. The van der Waals surface area contributed by atoms with Gasteiger partial charge in [-0.25, -0.2) is 19.9 Å². The van der Waals surface area contributed by atoms with E-state index in [2.05, 4.69) is 32.2 Å². The van der Waals surface area contributed by atoms with E-state index in [1.807, 2.05) is 72.2 Å². The number of benzene rings is 2. The van der Waals surface area contributed by atoms with Crippen molar-refractivity contribution in [1.29, 1.82) is 0 Å². The van der Waals surface area contributed by atoms with Crippen molar-refractivity contribution in [2.75, 3.05) is 24.7 Å². The molecule has 3 aromatic heterocycles. The van der Waals surface area contributed by atoms with Crippen LogP contribution in [-0.4, -0.2) is 48.8 Å². The van der Waals surface area contributed by atoms with Gasteiger partial charge in [-0.05, 0) is 55.0 Å². The van der Waals surface area contributed by atoms with Crippen LogP contribution in [0.4, 0.5) is 17.2 Å². The molecule has 5 aromatic rings. The molecule has 6 rings (SSSR count). The van der Waals surface area contributed by atoms with Gasteiger partial charge in [0, 0.05) is 55.1 Å². The molecule has 174 valence electrons. The molecule has 0 saturated carbocycles. The number of anilines is 2. The van der Waals surface area contributed by atoms with Crippen molar-refractivity contribution < 1.29 is 4.74 Å². The number of fused-ring (bicyclic) bond motifs is 2. The third kappa shape index (κ3) is 4.38. The summed E-state index contributed by atoms with van der Waals surface area (Å²) >= 11 is 1.77. The van der Waals surface area contributed by atoms with E-state index in [9.17, 15) is 0 Å². The fourth-order valence-corrected chi connectivity index (χ4v) is 5.01. The molecule has 9 heteroatoms. The Morgan fingerprint density at radius 3 is 2.83 bits per heavy atom. The fourth-order valence-electron chi connectivity index (χ4n) is 3.98. The van der Waals surface area contributed by atoms with Crippen molar-refractivity contribution in [2.24, 2.45) is 4.99 Å². The van der Waals surface area contributed by atoms with Gasteiger partial charge in [-0.1, -0.05) is 11.8 Å². The largest absolute Gasteiger partial charge is 0.457 e. The molecular weight excluding hydrogens is 458 g/mol. The molecular formula is C26H23N7OS. The Morgan fingerprint density at radius 1 is 1.03 bits per heavy atom. The molecule has 2 aromatic carbocycles. The number of hydrogen-bond donors (Lipinski definition) is 1. The highest BCUT2D eigenvalue weighted by molar-refractivity contribution is 8.14. The van der Waals surface area contributed by atoms with E-state index in [0.29, 0.717) is 0 Å². The normalized spacial score (nSPS) is 14.8. The molecule has 1 fully saturated rings. The van der Waals surface area contributed by atoms with Crippen LogP contribution < -0.4 is 10.1 Å². The first-order valence-corrected chi connectivity index (χ1v) is 12.3. The van der Waals surface area contributed by atoms with E-state index in [0.717, 1.165) is 68.3 Å². The van der Waals surface area contributed by atoms with Gasteiger partial charge < -0.3 is 19.4 Å². The number of rotatable bonds is 5. The Bertz CT molecular complexity index is 1580. The molecule has 0 bridgehead atoms. The summed E-state index contributed by atoms with van der Waals surface area (Å²) in [6.45, 7) is 3.04. The summed E-state index contributed by atoms with van der Waals surface area (Å²) in [4.78, 5) is 20.2. The number of hydrogen-bond acceptors (Lipinski definition) is 7. The minimum Gasteiger partial charge on any atom is -0.457 e. The molecule has 35 heavy (non-hydrogen) atoms. The number of nitrogens with one attached hydrogen (secondary N) is 1. The monoisotopic (exact) mass is 481 g/mol. The number of aliphatic imine (C=N–C) groups is 1. The summed E-state index contributed by atoms with van der Waals surface area (Å²) in [7, 11) is 2.07. The summed E-state index contributed by atoms with van der Waals surface area (Å²) in [6.07, 6.45) is 7.19. The SMILES string of the molecule is Cc1cc(Nc2ncnc3ccc(N=C4SCCN4C)cc23)ccc1Oc1ccn2ccnc2c1. The second-order valence-corrected chi connectivity index (χ2v) is 9.41. The van der Waals surface area contributed by atoms with Crippen LogP contribution in [0.1, 0.15) is 5.56 Å². The number of aromatic nitrogens is 4. The molecule has 0 unspecified atom stereocenters. The number of pyridine rings is 1. The molecule has 0 atom stereocenters. The standard InChI is InChI=1S/C26H23N7OS/c1-17-13-18(4-6-23(17)34-20-7-9-33-10-8-27-24(33)15-20)30-25-21-14-19(3-5-22(21)28-16-29-25)31-26-32(2)11-12-35-26/h3-10,13-16H,11-12H2,1-2H3,(H,28,29,30). The minimum absolute atomic E-state index is 0.738. The van der Waals surface area contributed by atoms with Gasteiger partial charge in [-0.15, -0.1) is 0 Å². The third-order valence-corrected chi connectivity index (χ3v) is 6.91. The van der Waals surface area contributed by atoms with Gasteiger partial charge in [0.1, 0.15) is 29.3 Å². The number of ether oxygens (including phenoxy) is 1. The average Bonchev–Trinajstić information content (AvgIpc) is 3.49. The molecule has 4 heterocycles. The van der Waals surface area contributed by atoms with Crippen LogP contribution in [-0.2, 0) is 0 Å². The molecule has 8 nitrogen and oxygen atoms in total. The van der Waals surface area contributed by atoms with Crippen LogP contribution in [0.2, 0.25) is 0 Å². The van der Waals surface area contributed by atoms with Crippen molar-refractivity contribution >= 4 is 50.7 Å². The molecule has 1 aliphatic heterocycles. The molecule has 1 N–H and O–H groups in total. The van der Waals surface area contributed by atoms with Crippen LogP contribution in [0, 0.1) is 6.92 Å². The van der Waals surface area contributed by atoms with E-state index >= 15 is 0 Å². The third-order valence-electron chi connectivity index (χ3n) is 5.86. The van der Waals surface area contributed by atoms with Gasteiger partial charge in [-0.3, -0.25) is 0 Å². The topological polar surface area (TPSA) is 79.9 Å². The number of imidazole rings is 1. The van der Waals surface area contributed by atoms with E-state index in [-0.39, 0.29) is 0 Å². The van der Waals surface area contributed by atoms with Gasteiger partial charge in [0.05, 0.1) is 11.2 Å². The fraction of sp³-hybridized carbons (Fsp3) is 0.154. The Kier molecular flexibility index (Phi) is 5.46. The number of amidine groups is 1. The zero-order valence-electron chi connectivity index (χ0n) is 19.3. The Morgan fingerprint density at radius 2 is 1.97 bits per heavy atom. The zero-order valence-corrected chi connectivity index (χ0v) is 20.2. The Balaban J connectivity index is 1.26. The maximum atomic E-state index is 6.12. The number of aryl methyl sites for hydroxylation is 1. The van der Waals surface area contributed by atoms with Crippen molar-refractivity contribution in [1.82, 2.24) is 24.3 Å². The first-order chi connectivity index (χ1) is 17.1. The van der Waals surface area contributed by atoms with Crippen LogP contribution in [0.3, 0.4) is 0 Å².